The number of rotatable bonds is 3. The average molecular weight is 251 g/mol. The number of nitrogen functional groups attached to an aromatic ring is 1. The van der Waals surface area contributed by atoms with Gasteiger partial charge in [-0.3, -0.25) is 0 Å². The lowest BCUT2D eigenvalue weighted by molar-refractivity contribution is 0.0595. The number of anilines is 1. The Hall–Kier alpha value is -1.43. The van der Waals surface area contributed by atoms with Gasteiger partial charge in [-0.1, -0.05) is 0 Å². The van der Waals surface area contributed by atoms with Crippen LogP contribution in [0.15, 0.2) is 6.20 Å². The molecule has 0 amide bonds. The van der Waals surface area contributed by atoms with Crippen molar-refractivity contribution in [1.29, 1.82) is 0 Å². The van der Waals surface area contributed by atoms with Crippen LogP contribution in [0.5, 0.6) is 0 Å². The Bertz CT molecular complexity index is 413. The van der Waals surface area contributed by atoms with Gasteiger partial charge in [0.25, 0.3) is 6.43 Å². The number of alkyl halides is 3. The molecule has 88 valence electrons. The molecule has 1 heterocycles. The molecule has 0 saturated heterocycles. The molecule has 0 aromatic carbocycles. The number of hydrogen-bond acceptors (Lipinski definition) is 4. The van der Waals surface area contributed by atoms with Crippen LogP contribution in [0.25, 0.3) is 0 Å². The van der Waals surface area contributed by atoms with Crippen LogP contribution in [-0.4, -0.2) is 18.1 Å². The number of nitrogens with two attached hydrogens (primary N) is 1. The summed E-state index contributed by atoms with van der Waals surface area (Å²) in [6, 6.07) is 0. The molecule has 16 heavy (non-hydrogen) atoms. The molecule has 0 unspecified atom stereocenters. The molecule has 1 aromatic heterocycles. The van der Waals surface area contributed by atoms with Crippen molar-refractivity contribution < 1.29 is 18.3 Å². The van der Waals surface area contributed by atoms with Crippen molar-refractivity contribution in [2.45, 2.75) is 12.3 Å². The number of carbonyl (C=O) groups is 1. The van der Waals surface area contributed by atoms with Crippen LogP contribution in [-0.2, 0) is 10.6 Å². The van der Waals surface area contributed by atoms with E-state index in [9.17, 15) is 13.6 Å². The third-order valence-electron chi connectivity index (χ3n) is 1.98. The smallest absolute Gasteiger partial charge is 0.358 e. The molecule has 0 saturated carbocycles. The van der Waals surface area contributed by atoms with Crippen molar-refractivity contribution in [3.8, 4) is 0 Å². The number of pyridine rings is 1. The Morgan fingerprint density at radius 1 is 1.69 bits per heavy atom. The first-order chi connectivity index (χ1) is 7.52. The molecule has 0 spiro atoms. The van der Waals surface area contributed by atoms with Gasteiger partial charge in [-0.15, -0.1) is 11.6 Å². The molecular formula is C9H9ClF2N2O2. The predicted molar refractivity (Wildman–Crippen MR) is 54.5 cm³/mol. The fourth-order valence-electron chi connectivity index (χ4n) is 1.21. The van der Waals surface area contributed by atoms with Gasteiger partial charge in [-0.05, 0) is 5.56 Å². The predicted octanol–water partition coefficient (Wildman–Crippen LogP) is 2.13. The fourth-order valence-corrected chi connectivity index (χ4v) is 1.42. The van der Waals surface area contributed by atoms with Crippen LogP contribution < -0.4 is 5.73 Å². The molecule has 0 aliphatic rings. The van der Waals surface area contributed by atoms with Crippen LogP contribution in [0.3, 0.4) is 0 Å². The highest BCUT2D eigenvalue weighted by molar-refractivity contribution is 6.17. The van der Waals surface area contributed by atoms with Crippen molar-refractivity contribution in [2.75, 3.05) is 12.8 Å². The lowest BCUT2D eigenvalue weighted by Gasteiger charge is -2.11. The molecule has 0 atom stereocenters. The number of ether oxygens (including phenoxy) is 1. The van der Waals surface area contributed by atoms with E-state index in [1.807, 2.05) is 0 Å². The molecule has 7 heteroatoms. The molecule has 1 rings (SSSR count). The quantitative estimate of drug-likeness (QED) is 0.659. The molecule has 0 bridgehead atoms. The number of aromatic nitrogens is 1. The van der Waals surface area contributed by atoms with E-state index in [1.54, 1.807) is 0 Å². The Labute approximate surface area is 95.4 Å². The minimum atomic E-state index is -2.82. The van der Waals surface area contributed by atoms with Gasteiger partial charge in [-0.25, -0.2) is 18.6 Å². The number of esters is 1. The fraction of sp³-hybridized carbons (Fsp3) is 0.333. The van der Waals surface area contributed by atoms with Gasteiger partial charge >= 0.3 is 5.97 Å². The zero-order valence-corrected chi connectivity index (χ0v) is 9.09. The molecule has 1 aromatic rings. The Morgan fingerprint density at radius 3 is 2.75 bits per heavy atom. The maximum Gasteiger partial charge on any atom is 0.358 e. The van der Waals surface area contributed by atoms with Gasteiger partial charge in [0.2, 0.25) is 0 Å². The SMILES string of the molecule is COC(=O)c1ncc(CCl)c(C(F)F)c1N. The summed E-state index contributed by atoms with van der Waals surface area (Å²) >= 11 is 5.47. The standard InChI is InChI=1S/C9H9ClF2N2O2/c1-16-9(15)7-6(13)5(8(11)12)4(2-10)3-14-7/h3,8H,2,13H2,1H3. The number of halogens is 3. The Morgan fingerprint density at radius 2 is 2.31 bits per heavy atom. The lowest BCUT2D eigenvalue weighted by Crippen LogP contribution is -2.12. The largest absolute Gasteiger partial charge is 0.464 e. The van der Waals surface area contributed by atoms with Crippen LogP contribution in [0.2, 0.25) is 0 Å². The van der Waals surface area contributed by atoms with Gasteiger partial charge in [0, 0.05) is 17.6 Å². The molecule has 0 fully saturated rings. The van der Waals surface area contributed by atoms with E-state index in [2.05, 4.69) is 9.72 Å². The van der Waals surface area contributed by atoms with Crippen LogP contribution in [0.4, 0.5) is 14.5 Å². The maximum atomic E-state index is 12.7. The second-order valence-corrected chi connectivity index (χ2v) is 3.15. The summed E-state index contributed by atoms with van der Waals surface area (Å²) in [5, 5.41) is 0. The third kappa shape index (κ3) is 2.21. The highest BCUT2D eigenvalue weighted by Crippen LogP contribution is 2.31. The monoisotopic (exact) mass is 250 g/mol. The van der Waals surface area contributed by atoms with E-state index in [1.165, 1.54) is 0 Å². The van der Waals surface area contributed by atoms with Crippen LogP contribution >= 0.6 is 11.6 Å². The first-order valence-electron chi connectivity index (χ1n) is 4.22. The minimum absolute atomic E-state index is 0.0989. The average Bonchev–Trinajstić information content (AvgIpc) is 2.26. The summed E-state index contributed by atoms with van der Waals surface area (Å²) in [6.45, 7) is 0. The second kappa shape index (κ2) is 5.07. The Balaban J connectivity index is 3.37. The van der Waals surface area contributed by atoms with Gasteiger partial charge in [0.15, 0.2) is 5.69 Å². The van der Waals surface area contributed by atoms with Crippen molar-refractivity contribution in [3.63, 3.8) is 0 Å². The van der Waals surface area contributed by atoms with Gasteiger partial charge < -0.3 is 10.5 Å². The van der Waals surface area contributed by atoms with E-state index in [0.29, 0.717) is 0 Å². The van der Waals surface area contributed by atoms with Crippen molar-refractivity contribution in [3.05, 3.63) is 23.0 Å². The number of carbonyl (C=O) groups excluding carboxylic acids is 1. The van der Waals surface area contributed by atoms with Crippen molar-refractivity contribution >= 4 is 23.3 Å². The zero-order valence-electron chi connectivity index (χ0n) is 8.34. The molecular weight excluding hydrogens is 242 g/mol. The van der Waals surface area contributed by atoms with E-state index in [-0.39, 0.29) is 22.8 Å². The second-order valence-electron chi connectivity index (χ2n) is 2.89. The maximum absolute atomic E-state index is 12.7. The summed E-state index contributed by atoms with van der Waals surface area (Å²) in [7, 11) is 1.11. The highest BCUT2D eigenvalue weighted by Gasteiger charge is 2.23. The van der Waals surface area contributed by atoms with E-state index in [4.69, 9.17) is 17.3 Å². The summed E-state index contributed by atoms with van der Waals surface area (Å²) in [5.74, 6) is -1.02. The number of hydrogen-bond donors (Lipinski definition) is 1. The number of nitrogens with zero attached hydrogens (tertiary/aromatic N) is 1. The van der Waals surface area contributed by atoms with E-state index < -0.39 is 18.0 Å². The summed E-state index contributed by atoms with van der Waals surface area (Å²) in [6.07, 6.45) is -1.72. The first-order valence-corrected chi connectivity index (χ1v) is 4.76. The van der Waals surface area contributed by atoms with E-state index >= 15 is 0 Å². The summed E-state index contributed by atoms with van der Waals surface area (Å²) in [5.41, 5.74) is 4.35. The summed E-state index contributed by atoms with van der Waals surface area (Å²) in [4.78, 5) is 14.8. The van der Waals surface area contributed by atoms with E-state index in [0.717, 1.165) is 13.3 Å². The molecule has 4 nitrogen and oxygen atoms in total. The van der Waals surface area contributed by atoms with Gasteiger partial charge in [0.1, 0.15) is 0 Å². The molecule has 0 aliphatic carbocycles. The molecule has 0 aliphatic heterocycles. The zero-order chi connectivity index (χ0) is 12.3. The van der Waals surface area contributed by atoms with Gasteiger partial charge in [-0.2, -0.15) is 0 Å². The highest BCUT2D eigenvalue weighted by atomic mass is 35.5. The molecule has 2 N–H and O–H groups in total. The van der Waals surface area contributed by atoms with Crippen molar-refractivity contribution in [2.24, 2.45) is 0 Å². The van der Waals surface area contributed by atoms with Crippen LogP contribution in [0.1, 0.15) is 28.0 Å². The third-order valence-corrected chi connectivity index (χ3v) is 2.27. The lowest BCUT2D eigenvalue weighted by atomic mass is 10.1. The topological polar surface area (TPSA) is 65.2 Å². The Kier molecular flexibility index (Phi) is 4.00. The molecule has 0 radical (unpaired) electrons. The first kappa shape index (κ1) is 12.6. The van der Waals surface area contributed by atoms with Crippen molar-refractivity contribution in [1.82, 2.24) is 4.98 Å². The van der Waals surface area contributed by atoms with Crippen LogP contribution in [0, 0.1) is 0 Å². The normalized spacial score (nSPS) is 10.6. The number of methoxy groups -OCH3 is 1. The minimum Gasteiger partial charge on any atom is -0.464 e. The summed E-state index contributed by atoms with van der Waals surface area (Å²) < 4.78 is 29.8. The van der Waals surface area contributed by atoms with Gasteiger partial charge in [0.05, 0.1) is 12.8 Å².